The molecule has 3 unspecified atom stereocenters. The molecule has 0 amide bonds. The van der Waals surface area contributed by atoms with Gasteiger partial charge >= 0.3 is 0 Å². The highest BCUT2D eigenvalue weighted by Gasteiger charge is 2.44. The van der Waals surface area contributed by atoms with E-state index in [9.17, 15) is 19.1 Å². The van der Waals surface area contributed by atoms with Crippen LogP contribution >= 0.6 is 0 Å². The zero-order valence-electron chi connectivity index (χ0n) is 11.6. The van der Waals surface area contributed by atoms with E-state index in [-0.39, 0.29) is 5.56 Å². The van der Waals surface area contributed by atoms with E-state index in [0.717, 1.165) is 25.3 Å². The van der Waals surface area contributed by atoms with Gasteiger partial charge < -0.3 is 5.11 Å². The molecule has 1 aliphatic rings. The molecule has 2 rings (SSSR count). The summed E-state index contributed by atoms with van der Waals surface area (Å²) in [7, 11) is 0. The van der Waals surface area contributed by atoms with Crippen LogP contribution in [0.5, 0.6) is 0 Å². The number of hydrogen-bond acceptors (Lipinski definition) is 2. The van der Waals surface area contributed by atoms with E-state index in [2.05, 4.69) is 6.07 Å². The summed E-state index contributed by atoms with van der Waals surface area (Å²) in [6.45, 7) is 2.05. The molecule has 0 bridgehead atoms. The largest absolute Gasteiger partial charge is 0.387 e. The Morgan fingerprint density at radius 2 is 2.25 bits per heavy atom. The summed E-state index contributed by atoms with van der Waals surface area (Å²) in [5.74, 6) is -1.68. The first-order chi connectivity index (χ1) is 9.54. The van der Waals surface area contributed by atoms with Crippen molar-refractivity contribution in [2.24, 2.45) is 11.3 Å². The van der Waals surface area contributed by atoms with Gasteiger partial charge in [0.25, 0.3) is 0 Å². The monoisotopic (exact) mass is 279 g/mol. The lowest BCUT2D eigenvalue weighted by Gasteiger charge is -2.39. The Morgan fingerprint density at radius 3 is 2.90 bits per heavy atom. The predicted octanol–water partition coefficient (Wildman–Crippen LogP) is 4.11. The molecule has 4 heteroatoms. The highest BCUT2D eigenvalue weighted by Crippen LogP contribution is 2.48. The van der Waals surface area contributed by atoms with Crippen LogP contribution in [-0.4, -0.2) is 5.11 Å². The molecule has 0 heterocycles. The molecule has 0 saturated heterocycles. The quantitative estimate of drug-likeness (QED) is 0.905. The minimum absolute atomic E-state index is 0.108. The van der Waals surface area contributed by atoms with Crippen molar-refractivity contribution in [1.82, 2.24) is 0 Å². The summed E-state index contributed by atoms with van der Waals surface area (Å²) in [5, 5.41) is 20.0. The zero-order chi connectivity index (χ0) is 14.8. The van der Waals surface area contributed by atoms with Gasteiger partial charge in [0.2, 0.25) is 0 Å². The van der Waals surface area contributed by atoms with Crippen LogP contribution < -0.4 is 0 Å². The molecule has 0 radical (unpaired) electrons. The van der Waals surface area contributed by atoms with Gasteiger partial charge in [0.1, 0.15) is 6.10 Å². The molecular formula is C16H19F2NO. The fourth-order valence-electron chi connectivity index (χ4n) is 3.21. The Kier molecular flexibility index (Phi) is 4.39. The van der Waals surface area contributed by atoms with Gasteiger partial charge in [-0.3, -0.25) is 0 Å². The number of benzene rings is 1. The number of nitrogens with zero attached hydrogens (tertiary/aromatic N) is 1. The number of nitriles is 1. The molecule has 1 aromatic rings. The van der Waals surface area contributed by atoms with Gasteiger partial charge in [-0.25, -0.2) is 8.78 Å². The zero-order valence-corrected chi connectivity index (χ0v) is 11.6. The molecule has 1 saturated carbocycles. The average Bonchev–Trinajstić information content (AvgIpc) is 2.49. The topological polar surface area (TPSA) is 44.0 Å². The number of aliphatic hydroxyl groups excluding tert-OH is 1. The molecule has 0 spiro atoms. The van der Waals surface area contributed by atoms with Crippen LogP contribution in [0, 0.1) is 34.3 Å². The minimum Gasteiger partial charge on any atom is -0.387 e. The second-order valence-electron chi connectivity index (χ2n) is 5.68. The van der Waals surface area contributed by atoms with Crippen molar-refractivity contribution in [1.29, 1.82) is 5.26 Å². The van der Waals surface area contributed by atoms with E-state index in [1.165, 1.54) is 12.1 Å². The normalized spacial score (nSPS) is 27.9. The van der Waals surface area contributed by atoms with E-state index >= 15 is 0 Å². The third-order valence-electron chi connectivity index (χ3n) is 4.49. The fraction of sp³-hybridized carbons (Fsp3) is 0.562. The summed E-state index contributed by atoms with van der Waals surface area (Å²) >= 11 is 0. The summed E-state index contributed by atoms with van der Waals surface area (Å²) in [6.07, 6.45) is 2.58. The average molecular weight is 279 g/mol. The van der Waals surface area contributed by atoms with Crippen molar-refractivity contribution in [3.05, 3.63) is 35.4 Å². The van der Waals surface area contributed by atoms with Crippen LogP contribution in [0.3, 0.4) is 0 Å². The molecule has 3 atom stereocenters. The van der Waals surface area contributed by atoms with Gasteiger partial charge in [0, 0.05) is 5.56 Å². The van der Waals surface area contributed by atoms with Crippen LogP contribution in [0.2, 0.25) is 0 Å². The van der Waals surface area contributed by atoms with Crippen molar-refractivity contribution in [2.75, 3.05) is 0 Å². The maximum Gasteiger partial charge on any atom is 0.164 e. The maximum atomic E-state index is 13.8. The Labute approximate surface area is 118 Å². The molecule has 1 aliphatic carbocycles. The number of aliphatic hydroxyl groups is 1. The van der Waals surface area contributed by atoms with Crippen LogP contribution in [0.1, 0.15) is 50.7 Å². The molecule has 1 fully saturated rings. The highest BCUT2D eigenvalue weighted by atomic mass is 19.2. The standard InChI is InChI=1S/C16H19F2NO/c1-2-11-5-4-8-16(9-11,10-19)15(20)12-6-3-7-13(17)14(12)18/h3,6-7,11,15,20H,2,4-5,8-9H2,1H3. The molecule has 2 nitrogen and oxygen atoms in total. The third kappa shape index (κ3) is 2.55. The summed E-state index contributed by atoms with van der Waals surface area (Å²) < 4.78 is 27.2. The third-order valence-corrected chi connectivity index (χ3v) is 4.49. The van der Waals surface area contributed by atoms with Crippen LogP contribution in [0.4, 0.5) is 8.78 Å². The van der Waals surface area contributed by atoms with Gasteiger partial charge in [-0.2, -0.15) is 5.26 Å². The Morgan fingerprint density at radius 1 is 1.50 bits per heavy atom. The molecule has 20 heavy (non-hydrogen) atoms. The van der Waals surface area contributed by atoms with E-state index in [0.29, 0.717) is 18.8 Å². The van der Waals surface area contributed by atoms with Gasteiger partial charge in [-0.1, -0.05) is 38.3 Å². The highest BCUT2D eigenvalue weighted by molar-refractivity contribution is 5.26. The van der Waals surface area contributed by atoms with E-state index in [4.69, 9.17) is 0 Å². The van der Waals surface area contributed by atoms with Crippen molar-refractivity contribution >= 4 is 0 Å². The first-order valence-corrected chi connectivity index (χ1v) is 7.07. The van der Waals surface area contributed by atoms with Gasteiger partial charge in [0.15, 0.2) is 11.6 Å². The lowest BCUT2D eigenvalue weighted by molar-refractivity contribution is 0.0158. The van der Waals surface area contributed by atoms with E-state index in [1.807, 2.05) is 6.92 Å². The van der Waals surface area contributed by atoms with Crippen molar-refractivity contribution in [3.8, 4) is 6.07 Å². The number of hydrogen-bond donors (Lipinski definition) is 1. The minimum atomic E-state index is -1.28. The predicted molar refractivity (Wildman–Crippen MR) is 71.6 cm³/mol. The fourth-order valence-corrected chi connectivity index (χ4v) is 3.21. The van der Waals surface area contributed by atoms with E-state index < -0.39 is 23.2 Å². The first kappa shape index (κ1) is 14.9. The Hall–Kier alpha value is -1.47. The van der Waals surface area contributed by atoms with Crippen molar-refractivity contribution in [2.45, 2.75) is 45.1 Å². The number of halogens is 2. The lowest BCUT2D eigenvalue weighted by Crippen LogP contribution is -2.34. The molecular weight excluding hydrogens is 260 g/mol. The van der Waals surface area contributed by atoms with Crippen LogP contribution in [0.15, 0.2) is 18.2 Å². The summed E-state index contributed by atoms with van der Waals surface area (Å²) in [5.41, 5.74) is -1.11. The first-order valence-electron chi connectivity index (χ1n) is 7.07. The van der Waals surface area contributed by atoms with E-state index in [1.54, 1.807) is 0 Å². The number of rotatable bonds is 3. The molecule has 0 aliphatic heterocycles. The second-order valence-corrected chi connectivity index (χ2v) is 5.68. The van der Waals surface area contributed by atoms with Crippen LogP contribution in [0.25, 0.3) is 0 Å². The summed E-state index contributed by atoms with van der Waals surface area (Å²) in [4.78, 5) is 0. The van der Waals surface area contributed by atoms with Crippen molar-refractivity contribution in [3.63, 3.8) is 0 Å². The Balaban J connectivity index is 2.36. The van der Waals surface area contributed by atoms with Crippen molar-refractivity contribution < 1.29 is 13.9 Å². The molecule has 1 N–H and O–H groups in total. The second kappa shape index (κ2) is 5.88. The molecule has 1 aromatic carbocycles. The SMILES string of the molecule is CCC1CCCC(C#N)(C(O)c2cccc(F)c2F)C1. The van der Waals surface area contributed by atoms with Gasteiger partial charge in [0.05, 0.1) is 11.5 Å². The lowest BCUT2D eigenvalue weighted by atomic mass is 9.65. The molecule has 108 valence electrons. The summed E-state index contributed by atoms with van der Waals surface area (Å²) in [6, 6.07) is 5.92. The van der Waals surface area contributed by atoms with Gasteiger partial charge in [-0.05, 0) is 24.8 Å². The van der Waals surface area contributed by atoms with Crippen LogP contribution in [-0.2, 0) is 0 Å². The maximum absolute atomic E-state index is 13.8. The van der Waals surface area contributed by atoms with Gasteiger partial charge in [-0.15, -0.1) is 0 Å². The molecule has 0 aromatic heterocycles. The smallest absolute Gasteiger partial charge is 0.164 e. The Bertz CT molecular complexity index is 526.